The lowest BCUT2D eigenvalue weighted by molar-refractivity contribution is -0.178. The molecule has 4 heteroatoms. The van der Waals surface area contributed by atoms with Gasteiger partial charge >= 0.3 is 5.97 Å². The number of carbonyl (C=O) groups excluding carboxylic acids is 2. The summed E-state index contributed by atoms with van der Waals surface area (Å²) in [7, 11) is 0. The smallest absolute Gasteiger partial charge is 0.322 e. The second-order valence-electron chi connectivity index (χ2n) is 6.37. The molecule has 0 aliphatic heterocycles. The van der Waals surface area contributed by atoms with Gasteiger partial charge in [-0.05, 0) is 46.5 Å². The minimum absolute atomic E-state index is 0.333. The molecule has 1 saturated carbocycles. The average Bonchev–Trinajstić information content (AvgIpc) is 2.37. The van der Waals surface area contributed by atoms with Crippen LogP contribution in [0.4, 0.5) is 0 Å². The zero-order valence-electron chi connectivity index (χ0n) is 12.5. The maximum absolute atomic E-state index is 12.2. The van der Waals surface area contributed by atoms with Gasteiger partial charge in [0, 0.05) is 0 Å². The fourth-order valence-corrected chi connectivity index (χ4v) is 2.55. The molecule has 1 atom stereocenters. The molecule has 0 bridgehead atoms. The maximum atomic E-state index is 12.2. The third kappa shape index (κ3) is 3.56. The highest BCUT2D eigenvalue weighted by Gasteiger charge is 2.44. The van der Waals surface area contributed by atoms with Crippen LogP contribution < -0.4 is 0 Å². The molecule has 1 aliphatic rings. The Hall–Kier alpha value is -0.900. The van der Waals surface area contributed by atoms with Crippen molar-refractivity contribution in [2.24, 2.45) is 11.3 Å². The molecule has 1 unspecified atom stereocenters. The molecule has 0 aromatic rings. The van der Waals surface area contributed by atoms with Crippen LogP contribution in [0.25, 0.3) is 0 Å². The van der Waals surface area contributed by atoms with Crippen molar-refractivity contribution in [2.45, 2.75) is 65.4 Å². The van der Waals surface area contributed by atoms with Crippen molar-refractivity contribution >= 4 is 11.8 Å². The van der Waals surface area contributed by atoms with Crippen molar-refractivity contribution in [2.75, 3.05) is 6.61 Å². The lowest BCUT2D eigenvalue weighted by Crippen LogP contribution is -2.46. The summed E-state index contributed by atoms with van der Waals surface area (Å²) in [4.78, 5) is 23.7. The molecule has 110 valence electrons. The Morgan fingerprint density at radius 3 is 2.11 bits per heavy atom. The molecule has 1 N–H and O–H groups in total. The van der Waals surface area contributed by atoms with Crippen molar-refractivity contribution in [3.63, 3.8) is 0 Å². The van der Waals surface area contributed by atoms with Crippen LogP contribution in [0.2, 0.25) is 0 Å². The van der Waals surface area contributed by atoms with Crippen molar-refractivity contribution in [3.05, 3.63) is 0 Å². The first kappa shape index (κ1) is 16.2. The first-order valence-corrected chi connectivity index (χ1v) is 7.09. The van der Waals surface area contributed by atoms with Crippen LogP contribution in [0, 0.1) is 11.3 Å². The van der Waals surface area contributed by atoms with E-state index in [1.807, 2.05) is 13.8 Å². The summed E-state index contributed by atoms with van der Waals surface area (Å²) >= 11 is 0. The predicted molar refractivity (Wildman–Crippen MR) is 72.6 cm³/mol. The molecule has 0 saturated heterocycles. The SMILES string of the molecule is CC(=O)C(C)(CO)C(=O)OC(C)(C)C1CCCCC1. The number of ketones is 1. The van der Waals surface area contributed by atoms with Gasteiger partial charge in [0.1, 0.15) is 16.8 Å². The van der Waals surface area contributed by atoms with E-state index in [0.29, 0.717) is 5.92 Å². The lowest BCUT2D eigenvalue weighted by atomic mass is 9.78. The second kappa shape index (κ2) is 6.04. The van der Waals surface area contributed by atoms with Crippen LogP contribution in [-0.4, -0.2) is 29.1 Å². The Bertz CT molecular complexity index is 342. The molecule has 0 heterocycles. The van der Waals surface area contributed by atoms with E-state index in [0.717, 1.165) is 25.7 Å². The van der Waals surface area contributed by atoms with Gasteiger partial charge in [0.15, 0.2) is 0 Å². The number of rotatable bonds is 5. The zero-order chi connectivity index (χ0) is 14.7. The van der Waals surface area contributed by atoms with E-state index in [2.05, 4.69) is 0 Å². The lowest BCUT2D eigenvalue weighted by Gasteiger charge is -2.38. The summed E-state index contributed by atoms with van der Waals surface area (Å²) in [6, 6.07) is 0. The van der Waals surface area contributed by atoms with Gasteiger partial charge in [-0.15, -0.1) is 0 Å². The summed E-state index contributed by atoms with van der Waals surface area (Å²) < 4.78 is 5.57. The van der Waals surface area contributed by atoms with Gasteiger partial charge in [0.2, 0.25) is 0 Å². The Morgan fingerprint density at radius 1 is 1.16 bits per heavy atom. The standard InChI is InChI=1S/C15H26O4/c1-11(17)15(4,10-16)13(18)19-14(2,3)12-8-6-5-7-9-12/h12,16H,5-10H2,1-4H3. The maximum Gasteiger partial charge on any atom is 0.322 e. The van der Waals surface area contributed by atoms with Gasteiger partial charge in [-0.2, -0.15) is 0 Å². The van der Waals surface area contributed by atoms with E-state index in [1.54, 1.807) is 0 Å². The van der Waals surface area contributed by atoms with Crippen LogP contribution in [0.1, 0.15) is 59.8 Å². The number of hydrogen-bond donors (Lipinski definition) is 1. The van der Waals surface area contributed by atoms with Gasteiger partial charge < -0.3 is 9.84 Å². The molecule has 0 aromatic heterocycles. The highest BCUT2D eigenvalue weighted by atomic mass is 16.6. The number of esters is 1. The first-order chi connectivity index (χ1) is 8.74. The van der Waals surface area contributed by atoms with Crippen molar-refractivity contribution in [3.8, 4) is 0 Å². The predicted octanol–water partition coefficient (Wildman–Crippen LogP) is 2.48. The molecule has 4 nitrogen and oxygen atoms in total. The summed E-state index contributed by atoms with van der Waals surface area (Å²) in [5, 5.41) is 9.31. The molecule has 19 heavy (non-hydrogen) atoms. The summed E-state index contributed by atoms with van der Waals surface area (Å²) in [6.45, 7) is 6.04. The molecule has 0 spiro atoms. The largest absolute Gasteiger partial charge is 0.459 e. The van der Waals surface area contributed by atoms with Crippen LogP contribution in [-0.2, 0) is 14.3 Å². The quantitative estimate of drug-likeness (QED) is 0.616. The monoisotopic (exact) mass is 270 g/mol. The summed E-state index contributed by atoms with van der Waals surface area (Å²) in [6.07, 6.45) is 5.67. The Kier molecular flexibility index (Phi) is 5.13. The molecular weight excluding hydrogens is 244 g/mol. The minimum Gasteiger partial charge on any atom is -0.459 e. The van der Waals surface area contributed by atoms with Crippen LogP contribution in [0.15, 0.2) is 0 Å². The van der Waals surface area contributed by atoms with E-state index in [4.69, 9.17) is 4.74 Å². The fourth-order valence-electron chi connectivity index (χ4n) is 2.55. The Labute approximate surface area is 115 Å². The van der Waals surface area contributed by atoms with E-state index in [-0.39, 0.29) is 5.78 Å². The van der Waals surface area contributed by atoms with Crippen molar-refractivity contribution in [1.29, 1.82) is 0 Å². The Morgan fingerprint density at radius 2 is 1.68 bits per heavy atom. The van der Waals surface area contributed by atoms with Crippen LogP contribution in [0.3, 0.4) is 0 Å². The van der Waals surface area contributed by atoms with Crippen LogP contribution >= 0.6 is 0 Å². The Balaban J connectivity index is 2.76. The minimum atomic E-state index is -1.44. The number of hydrogen-bond acceptors (Lipinski definition) is 4. The van der Waals surface area contributed by atoms with E-state index >= 15 is 0 Å². The van der Waals surface area contributed by atoms with Crippen molar-refractivity contribution in [1.82, 2.24) is 0 Å². The van der Waals surface area contributed by atoms with Gasteiger partial charge in [-0.3, -0.25) is 9.59 Å². The third-order valence-corrected chi connectivity index (χ3v) is 4.49. The number of ether oxygens (including phenoxy) is 1. The van der Waals surface area contributed by atoms with Crippen LogP contribution in [0.5, 0.6) is 0 Å². The molecule has 1 aliphatic carbocycles. The van der Waals surface area contributed by atoms with Gasteiger partial charge in [0.05, 0.1) is 6.61 Å². The second-order valence-corrected chi connectivity index (χ2v) is 6.37. The molecule has 0 radical (unpaired) electrons. The summed E-state index contributed by atoms with van der Waals surface area (Å²) in [5.41, 5.74) is -2.02. The number of carbonyl (C=O) groups is 2. The first-order valence-electron chi connectivity index (χ1n) is 7.09. The molecular formula is C15H26O4. The normalized spacial score (nSPS) is 20.7. The van der Waals surface area contributed by atoms with Gasteiger partial charge in [-0.25, -0.2) is 0 Å². The number of Topliss-reactive ketones (excluding diaryl/α,β-unsaturated/α-hetero) is 1. The molecule has 0 aromatic carbocycles. The van der Waals surface area contributed by atoms with E-state index in [9.17, 15) is 14.7 Å². The number of aliphatic hydroxyl groups is 1. The number of aliphatic hydroxyl groups excluding tert-OH is 1. The highest BCUT2D eigenvalue weighted by molar-refractivity contribution is 6.02. The average molecular weight is 270 g/mol. The topological polar surface area (TPSA) is 63.6 Å². The van der Waals surface area contributed by atoms with E-state index in [1.165, 1.54) is 20.3 Å². The van der Waals surface area contributed by atoms with Gasteiger partial charge in [0.25, 0.3) is 0 Å². The molecule has 1 fully saturated rings. The van der Waals surface area contributed by atoms with Crippen molar-refractivity contribution < 1.29 is 19.4 Å². The third-order valence-electron chi connectivity index (χ3n) is 4.49. The fraction of sp³-hybridized carbons (Fsp3) is 0.867. The van der Waals surface area contributed by atoms with E-state index < -0.39 is 23.6 Å². The molecule has 1 rings (SSSR count). The molecule has 0 amide bonds. The van der Waals surface area contributed by atoms with Gasteiger partial charge in [-0.1, -0.05) is 19.3 Å². The summed E-state index contributed by atoms with van der Waals surface area (Å²) in [5.74, 6) is -0.641. The zero-order valence-corrected chi connectivity index (χ0v) is 12.5. The highest BCUT2D eigenvalue weighted by Crippen LogP contribution is 2.36.